The lowest BCUT2D eigenvalue weighted by molar-refractivity contribution is -0.127. The number of ether oxygens (including phenoxy) is 1. The summed E-state index contributed by atoms with van der Waals surface area (Å²) in [5.74, 6) is 2.13. The molecule has 2 heterocycles. The highest BCUT2D eigenvalue weighted by Crippen LogP contribution is 2.11. The van der Waals surface area contributed by atoms with Crippen LogP contribution in [-0.2, 0) is 4.79 Å². The van der Waals surface area contributed by atoms with Crippen molar-refractivity contribution in [2.24, 2.45) is 0 Å². The molecule has 3 rings (SSSR count). The van der Waals surface area contributed by atoms with Gasteiger partial charge in [0.2, 0.25) is 5.91 Å². The average molecular weight is 397 g/mol. The highest BCUT2D eigenvalue weighted by atomic mass is 16.5. The number of hydrogen-bond acceptors (Lipinski definition) is 5. The van der Waals surface area contributed by atoms with Crippen molar-refractivity contribution in [3.63, 3.8) is 0 Å². The van der Waals surface area contributed by atoms with E-state index in [1.165, 1.54) is 0 Å². The molecule has 0 atom stereocenters. The minimum Gasteiger partial charge on any atom is -0.497 e. The highest BCUT2D eigenvalue weighted by molar-refractivity contribution is 5.94. The largest absolute Gasteiger partial charge is 0.497 e. The van der Waals surface area contributed by atoms with Crippen molar-refractivity contribution in [2.75, 3.05) is 46.4 Å². The number of aryl methyl sites for hydroxylation is 1. The quantitative estimate of drug-likeness (QED) is 0.725. The molecule has 2 amide bonds. The van der Waals surface area contributed by atoms with Gasteiger partial charge in [-0.2, -0.15) is 0 Å². The molecule has 7 heteroatoms. The van der Waals surface area contributed by atoms with Crippen LogP contribution in [0, 0.1) is 6.92 Å². The van der Waals surface area contributed by atoms with Gasteiger partial charge in [0.15, 0.2) is 0 Å². The summed E-state index contributed by atoms with van der Waals surface area (Å²) < 4.78 is 10.5. The molecule has 1 aromatic carbocycles. The number of nitrogens with one attached hydrogen (secondary N) is 1. The number of benzene rings is 1. The minimum atomic E-state index is -0.0974. The van der Waals surface area contributed by atoms with Crippen LogP contribution in [0.2, 0.25) is 0 Å². The standard InChI is InChI=1S/C22H27N3O4/c1-17-3-6-20(29-17)9-10-21(26)25-15-13-24(14-16-25)12-11-23-22(27)18-4-7-19(28-2)8-5-18/h3-10H,11-16H2,1-2H3,(H,23,27)/b10-9+. The van der Waals surface area contributed by atoms with Crippen LogP contribution in [0.3, 0.4) is 0 Å². The predicted octanol–water partition coefficient (Wildman–Crippen LogP) is 2.18. The maximum Gasteiger partial charge on any atom is 0.251 e. The molecule has 0 spiro atoms. The summed E-state index contributed by atoms with van der Waals surface area (Å²) in [6.45, 7) is 6.12. The third kappa shape index (κ3) is 5.96. The molecule has 1 aromatic heterocycles. The van der Waals surface area contributed by atoms with Gasteiger partial charge in [-0.25, -0.2) is 0 Å². The fourth-order valence-electron chi connectivity index (χ4n) is 3.17. The van der Waals surface area contributed by atoms with Gasteiger partial charge in [-0.15, -0.1) is 0 Å². The molecule has 2 aromatic rings. The van der Waals surface area contributed by atoms with Gasteiger partial charge in [0, 0.05) is 50.9 Å². The third-order valence-electron chi connectivity index (χ3n) is 4.90. The molecule has 0 saturated carbocycles. The molecule has 0 aliphatic carbocycles. The maximum absolute atomic E-state index is 12.3. The number of amides is 2. The monoisotopic (exact) mass is 397 g/mol. The van der Waals surface area contributed by atoms with E-state index >= 15 is 0 Å². The molecule has 1 N–H and O–H groups in total. The van der Waals surface area contributed by atoms with Crippen LogP contribution in [0.5, 0.6) is 5.75 Å². The van der Waals surface area contributed by atoms with Gasteiger partial charge in [0.1, 0.15) is 17.3 Å². The van der Waals surface area contributed by atoms with Crippen molar-refractivity contribution in [3.8, 4) is 5.75 Å². The second-order valence-electron chi connectivity index (χ2n) is 6.93. The molecule has 0 unspecified atom stereocenters. The fraction of sp³-hybridized carbons (Fsp3) is 0.364. The van der Waals surface area contributed by atoms with Crippen LogP contribution in [-0.4, -0.2) is 68.0 Å². The summed E-state index contributed by atoms with van der Waals surface area (Å²) in [6.07, 6.45) is 3.26. The Morgan fingerprint density at radius 1 is 1.10 bits per heavy atom. The van der Waals surface area contributed by atoms with Crippen LogP contribution in [0.15, 0.2) is 46.9 Å². The maximum atomic E-state index is 12.3. The van der Waals surface area contributed by atoms with Crippen LogP contribution < -0.4 is 10.1 Å². The zero-order valence-electron chi connectivity index (χ0n) is 16.9. The van der Waals surface area contributed by atoms with E-state index in [4.69, 9.17) is 9.15 Å². The summed E-state index contributed by atoms with van der Waals surface area (Å²) in [6, 6.07) is 10.7. The molecule has 0 radical (unpaired) electrons. The van der Waals surface area contributed by atoms with Gasteiger partial charge in [0.05, 0.1) is 7.11 Å². The summed E-state index contributed by atoms with van der Waals surface area (Å²) in [7, 11) is 1.60. The first-order chi connectivity index (χ1) is 14.0. The zero-order chi connectivity index (χ0) is 20.6. The van der Waals surface area contributed by atoms with Gasteiger partial charge in [-0.1, -0.05) is 0 Å². The molecule has 29 heavy (non-hydrogen) atoms. The molecular weight excluding hydrogens is 370 g/mol. The first kappa shape index (κ1) is 20.7. The van der Waals surface area contributed by atoms with Gasteiger partial charge >= 0.3 is 0 Å². The average Bonchev–Trinajstić information content (AvgIpc) is 3.17. The number of piperazine rings is 1. The van der Waals surface area contributed by atoms with Crippen LogP contribution in [0.4, 0.5) is 0 Å². The molecule has 154 valence electrons. The molecule has 7 nitrogen and oxygen atoms in total. The number of nitrogens with zero attached hydrogens (tertiary/aromatic N) is 2. The lowest BCUT2D eigenvalue weighted by Crippen LogP contribution is -2.49. The second kappa shape index (κ2) is 9.93. The Bertz CT molecular complexity index is 849. The smallest absolute Gasteiger partial charge is 0.251 e. The first-order valence-electron chi connectivity index (χ1n) is 9.73. The number of methoxy groups -OCH3 is 1. The molecule has 1 aliphatic heterocycles. The van der Waals surface area contributed by atoms with Gasteiger partial charge in [0.25, 0.3) is 5.91 Å². The summed E-state index contributed by atoms with van der Waals surface area (Å²) in [5, 5.41) is 2.93. The van der Waals surface area contributed by atoms with Crippen molar-refractivity contribution >= 4 is 17.9 Å². The number of carbonyl (C=O) groups is 2. The summed E-state index contributed by atoms with van der Waals surface area (Å²) in [5.41, 5.74) is 0.611. The highest BCUT2D eigenvalue weighted by Gasteiger charge is 2.19. The van der Waals surface area contributed by atoms with E-state index in [-0.39, 0.29) is 11.8 Å². The third-order valence-corrected chi connectivity index (χ3v) is 4.90. The lowest BCUT2D eigenvalue weighted by atomic mass is 10.2. The van der Waals surface area contributed by atoms with Crippen LogP contribution >= 0.6 is 0 Å². The van der Waals surface area contributed by atoms with Crippen molar-refractivity contribution in [1.29, 1.82) is 0 Å². The Morgan fingerprint density at radius 3 is 2.45 bits per heavy atom. The Hall–Kier alpha value is -3.06. The predicted molar refractivity (Wildman–Crippen MR) is 111 cm³/mol. The van der Waals surface area contributed by atoms with Crippen molar-refractivity contribution in [2.45, 2.75) is 6.92 Å². The molecule has 1 aliphatic rings. The number of hydrogen-bond donors (Lipinski definition) is 1. The van der Waals surface area contributed by atoms with Gasteiger partial charge < -0.3 is 19.4 Å². The van der Waals surface area contributed by atoms with E-state index in [2.05, 4.69) is 10.2 Å². The molecule has 1 fully saturated rings. The Balaban J connectivity index is 1.36. The molecule has 1 saturated heterocycles. The van der Waals surface area contributed by atoms with Crippen molar-refractivity contribution < 1.29 is 18.7 Å². The SMILES string of the molecule is COc1ccc(C(=O)NCCN2CCN(C(=O)/C=C/c3ccc(C)o3)CC2)cc1. The minimum absolute atomic E-state index is 0.00786. The number of carbonyl (C=O) groups excluding carboxylic acids is 2. The summed E-state index contributed by atoms with van der Waals surface area (Å²) in [4.78, 5) is 28.6. The van der Waals surface area contributed by atoms with E-state index in [9.17, 15) is 9.59 Å². The summed E-state index contributed by atoms with van der Waals surface area (Å²) >= 11 is 0. The number of rotatable bonds is 7. The van der Waals surface area contributed by atoms with E-state index in [0.29, 0.717) is 31.0 Å². The fourth-order valence-corrected chi connectivity index (χ4v) is 3.17. The van der Waals surface area contributed by atoms with Crippen LogP contribution in [0.25, 0.3) is 6.08 Å². The van der Waals surface area contributed by atoms with Crippen molar-refractivity contribution in [1.82, 2.24) is 15.1 Å². The zero-order valence-corrected chi connectivity index (χ0v) is 16.9. The topological polar surface area (TPSA) is 75.0 Å². The van der Waals surface area contributed by atoms with Gasteiger partial charge in [-0.3, -0.25) is 14.5 Å². The van der Waals surface area contributed by atoms with E-state index in [1.807, 2.05) is 24.0 Å². The van der Waals surface area contributed by atoms with Crippen molar-refractivity contribution in [3.05, 3.63) is 59.6 Å². The lowest BCUT2D eigenvalue weighted by Gasteiger charge is -2.34. The van der Waals surface area contributed by atoms with E-state index in [0.717, 1.165) is 31.1 Å². The van der Waals surface area contributed by atoms with Crippen LogP contribution in [0.1, 0.15) is 21.9 Å². The van der Waals surface area contributed by atoms with E-state index in [1.54, 1.807) is 43.5 Å². The molecular formula is C22H27N3O4. The Labute approximate surface area is 170 Å². The Kier molecular flexibility index (Phi) is 7.08. The normalized spacial score (nSPS) is 14.9. The Morgan fingerprint density at radius 2 is 1.83 bits per heavy atom. The first-order valence-corrected chi connectivity index (χ1v) is 9.73. The molecule has 0 bridgehead atoms. The van der Waals surface area contributed by atoms with E-state index < -0.39 is 0 Å². The second-order valence-corrected chi connectivity index (χ2v) is 6.93. The van der Waals surface area contributed by atoms with Gasteiger partial charge in [-0.05, 0) is 49.4 Å². The number of furan rings is 1.